The summed E-state index contributed by atoms with van der Waals surface area (Å²) in [6, 6.07) is 6.71. The van der Waals surface area contributed by atoms with E-state index in [4.69, 9.17) is 5.11 Å². The van der Waals surface area contributed by atoms with Gasteiger partial charge in [0.15, 0.2) is 9.84 Å². The van der Waals surface area contributed by atoms with Crippen LogP contribution in [0.15, 0.2) is 41.3 Å². The highest BCUT2D eigenvalue weighted by atomic mass is 32.2. The largest absolute Gasteiger partial charge is 0.478 e. The molecule has 0 bridgehead atoms. The molecule has 0 aliphatic rings. The Balaban J connectivity index is 2.64. The molecule has 0 heterocycles. The average molecular weight is 268 g/mol. The number of allylic oxidation sites excluding steroid dienone is 1. The van der Waals surface area contributed by atoms with Crippen molar-refractivity contribution in [1.82, 2.24) is 0 Å². The maximum atomic E-state index is 11.6. The van der Waals surface area contributed by atoms with Gasteiger partial charge in [-0.2, -0.15) is 0 Å². The first-order valence-corrected chi connectivity index (χ1v) is 7.32. The van der Waals surface area contributed by atoms with Crippen LogP contribution >= 0.6 is 0 Å². The molecule has 0 fully saturated rings. The van der Waals surface area contributed by atoms with Gasteiger partial charge in [-0.15, -0.1) is 0 Å². The van der Waals surface area contributed by atoms with Crippen molar-refractivity contribution in [3.8, 4) is 0 Å². The lowest BCUT2D eigenvalue weighted by Crippen LogP contribution is -2.03. The Hall–Kier alpha value is -1.62. The van der Waals surface area contributed by atoms with Gasteiger partial charge in [0, 0.05) is 6.08 Å². The number of rotatable bonds is 6. The van der Waals surface area contributed by atoms with Gasteiger partial charge < -0.3 is 5.11 Å². The highest BCUT2D eigenvalue weighted by molar-refractivity contribution is 7.91. The zero-order valence-electron chi connectivity index (χ0n) is 10.2. The van der Waals surface area contributed by atoms with Gasteiger partial charge in [-0.3, -0.25) is 0 Å². The minimum Gasteiger partial charge on any atom is -0.478 e. The maximum Gasteiger partial charge on any atom is 0.327 e. The van der Waals surface area contributed by atoms with Gasteiger partial charge in [0.25, 0.3) is 0 Å². The summed E-state index contributed by atoms with van der Waals surface area (Å²) in [5, 5.41) is 8.41. The van der Waals surface area contributed by atoms with Crippen LogP contribution in [0, 0.1) is 0 Å². The van der Waals surface area contributed by atoms with Crippen LogP contribution in [0.25, 0.3) is 0 Å². The van der Waals surface area contributed by atoms with Crippen LogP contribution in [-0.4, -0.2) is 25.2 Å². The number of carbonyl (C=O) groups is 1. The van der Waals surface area contributed by atoms with Gasteiger partial charge in [-0.1, -0.05) is 25.1 Å². The monoisotopic (exact) mass is 268 g/mol. The standard InChI is InChI=1S/C13H16O4S/c1-2-18(16,17)12-9-7-11(8-10-12)5-3-4-6-13(14)15/h4,6-10H,2-3,5H2,1H3,(H,14,15)/b6-4+. The van der Waals surface area contributed by atoms with E-state index in [2.05, 4.69) is 0 Å². The molecule has 0 unspecified atom stereocenters. The number of hydrogen-bond donors (Lipinski definition) is 1. The fourth-order valence-electron chi connectivity index (χ4n) is 1.46. The Morgan fingerprint density at radius 3 is 2.39 bits per heavy atom. The quantitative estimate of drug-likeness (QED) is 0.801. The summed E-state index contributed by atoms with van der Waals surface area (Å²) in [6.45, 7) is 1.61. The van der Waals surface area contributed by atoms with E-state index in [1.54, 1.807) is 37.3 Å². The molecule has 0 radical (unpaired) electrons. The molecular formula is C13H16O4S. The van der Waals surface area contributed by atoms with Gasteiger partial charge in [0.2, 0.25) is 0 Å². The molecule has 0 spiro atoms. The van der Waals surface area contributed by atoms with Gasteiger partial charge >= 0.3 is 5.97 Å². The predicted octanol–water partition coefficient (Wildman–Crippen LogP) is 2.05. The third kappa shape index (κ3) is 4.33. The molecule has 0 amide bonds. The Kier molecular flexibility index (Phi) is 5.09. The van der Waals surface area contributed by atoms with Crippen molar-refractivity contribution in [2.24, 2.45) is 0 Å². The van der Waals surface area contributed by atoms with Gasteiger partial charge in [-0.25, -0.2) is 13.2 Å². The molecule has 1 N–H and O–H groups in total. The van der Waals surface area contributed by atoms with Crippen LogP contribution in [0.3, 0.4) is 0 Å². The molecule has 4 nitrogen and oxygen atoms in total. The molecule has 0 aromatic heterocycles. The second-order valence-electron chi connectivity index (χ2n) is 3.83. The molecule has 0 aliphatic heterocycles. The summed E-state index contributed by atoms with van der Waals surface area (Å²) in [4.78, 5) is 10.6. The summed E-state index contributed by atoms with van der Waals surface area (Å²) in [7, 11) is -3.14. The zero-order chi connectivity index (χ0) is 13.6. The Morgan fingerprint density at radius 2 is 1.89 bits per heavy atom. The number of hydrogen-bond acceptors (Lipinski definition) is 3. The van der Waals surface area contributed by atoms with E-state index in [0.29, 0.717) is 17.7 Å². The van der Waals surface area contributed by atoms with E-state index in [1.807, 2.05) is 0 Å². The number of carboxylic acid groups (broad SMARTS) is 1. The van der Waals surface area contributed by atoms with E-state index in [9.17, 15) is 13.2 Å². The second kappa shape index (κ2) is 6.35. The normalized spacial score (nSPS) is 11.8. The van der Waals surface area contributed by atoms with Crippen molar-refractivity contribution in [2.45, 2.75) is 24.7 Å². The third-order valence-electron chi connectivity index (χ3n) is 2.52. The molecule has 0 saturated heterocycles. The number of aliphatic carboxylic acids is 1. The molecule has 0 aliphatic carbocycles. The minimum atomic E-state index is -3.14. The van der Waals surface area contributed by atoms with Crippen molar-refractivity contribution in [3.63, 3.8) is 0 Å². The molecule has 0 atom stereocenters. The van der Waals surface area contributed by atoms with E-state index in [-0.39, 0.29) is 5.75 Å². The maximum absolute atomic E-state index is 11.6. The SMILES string of the molecule is CCS(=O)(=O)c1ccc(CC/C=C/C(=O)O)cc1. The van der Waals surface area contributed by atoms with Crippen molar-refractivity contribution >= 4 is 15.8 Å². The highest BCUT2D eigenvalue weighted by Gasteiger charge is 2.10. The summed E-state index contributed by atoms with van der Waals surface area (Å²) in [6.07, 6.45) is 4.00. The van der Waals surface area contributed by atoms with Crippen molar-refractivity contribution in [2.75, 3.05) is 5.75 Å². The van der Waals surface area contributed by atoms with E-state index in [1.165, 1.54) is 0 Å². The number of sulfone groups is 1. The number of benzene rings is 1. The molecule has 0 saturated carbocycles. The van der Waals surface area contributed by atoms with Crippen LogP contribution in [0.5, 0.6) is 0 Å². The van der Waals surface area contributed by atoms with Crippen LogP contribution in [0.4, 0.5) is 0 Å². The van der Waals surface area contributed by atoms with Crippen LogP contribution in [-0.2, 0) is 21.1 Å². The predicted molar refractivity (Wildman–Crippen MR) is 69.3 cm³/mol. The number of carboxylic acids is 1. The first kappa shape index (κ1) is 14.4. The van der Waals surface area contributed by atoms with Crippen LogP contribution in [0.1, 0.15) is 18.9 Å². The summed E-state index contributed by atoms with van der Waals surface area (Å²) >= 11 is 0. The van der Waals surface area contributed by atoms with Crippen molar-refractivity contribution in [1.29, 1.82) is 0 Å². The first-order valence-electron chi connectivity index (χ1n) is 5.67. The molecule has 5 heteroatoms. The topological polar surface area (TPSA) is 71.4 Å². The number of aryl methyl sites for hydroxylation is 1. The van der Waals surface area contributed by atoms with E-state index >= 15 is 0 Å². The zero-order valence-corrected chi connectivity index (χ0v) is 11.0. The third-order valence-corrected chi connectivity index (χ3v) is 4.27. The van der Waals surface area contributed by atoms with Crippen molar-refractivity contribution < 1.29 is 18.3 Å². The smallest absolute Gasteiger partial charge is 0.327 e. The Labute approximate surface area is 107 Å². The molecule has 1 rings (SSSR count). The lowest BCUT2D eigenvalue weighted by Gasteiger charge is -2.03. The second-order valence-corrected chi connectivity index (χ2v) is 6.10. The van der Waals surface area contributed by atoms with Crippen molar-refractivity contribution in [3.05, 3.63) is 42.0 Å². The van der Waals surface area contributed by atoms with E-state index in [0.717, 1.165) is 11.6 Å². The van der Waals surface area contributed by atoms with Crippen LogP contribution < -0.4 is 0 Å². The van der Waals surface area contributed by atoms with Crippen LogP contribution in [0.2, 0.25) is 0 Å². The Bertz CT molecular complexity index is 527. The van der Waals surface area contributed by atoms with Gasteiger partial charge in [0.05, 0.1) is 10.6 Å². The molecule has 98 valence electrons. The van der Waals surface area contributed by atoms with Gasteiger partial charge in [-0.05, 0) is 30.5 Å². The van der Waals surface area contributed by atoms with E-state index < -0.39 is 15.8 Å². The summed E-state index contributed by atoms with van der Waals surface area (Å²) < 4.78 is 23.1. The summed E-state index contributed by atoms with van der Waals surface area (Å²) in [5.74, 6) is -0.868. The molecule has 1 aromatic carbocycles. The fourth-order valence-corrected chi connectivity index (χ4v) is 2.35. The lowest BCUT2D eigenvalue weighted by atomic mass is 10.1. The summed E-state index contributed by atoms with van der Waals surface area (Å²) in [5.41, 5.74) is 0.986. The first-order chi connectivity index (χ1) is 8.45. The molecule has 1 aromatic rings. The Morgan fingerprint density at radius 1 is 1.28 bits per heavy atom. The molecular weight excluding hydrogens is 252 g/mol. The lowest BCUT2D eigenvalue weighted by molar-refractivity contribution is -0.131. The highest BCUT2D eigenvalue weighted by Crippen LogP contribution is 2.13. The van der Waals surface area contributed by atoms with Gasteiger partial charge in [0.1, 0.15) is 0 Å². The fraction of sp³-hybridized carbons (Fsp3) is 0.308. The minimum absolute atomic E-state index is 0.0910. The molecule has 18 heavy (non-hydrogen) atoms. The average Bonchev–Trinajstić information content (AvgIpc) is 2.35.